The summed E-state index contributed by atoms with van der Waals surface area (Å²) in [7, 11) is 0. The lowest BCUT2D eigenvalue weighted by Gasteiger charge is -2.17. The number of benzene rings is 2. The highest BCUT2D eigenvalue weighted by Gasteiger charge is 2.26. The van der Waals surface area contributed by atoms with E-state index in [1.807, 2.05) is 0 Å². The summed E-state index contributed by atoms with van der Waals surface area (Å²) in [5, 5.41) is 10.9. The lowest BCUT2D eigenvalue weighted by Crippen LogP contribution is -2.29. The van der Waals surface area contributed by atoms with Crippen molar-refractivity contribution >= 4 is 23.1 Å². The molecule has 0 unspecified atom stereocenters. The van der Waals surface area contributed by atoms with Crippen molar-refractivity contribution in [3.8, 4) is 5.75 Å². The Kier molecular flexibility index (Phi) is 5.49. The number of ketones is 1. The zero-order valence-electron chi connectivity index (χ0n) is 15.0. The minimum absolute atomic E-state index is 0.00159. The number of amides is 1. The Morgan fingerprint density at radius 2 is 1.93 bits per heavy atom. The summed E-state index contributed by atoms with van der Waals surface area (Å²) in [5.41, 5.74) is 2.20. The van der Waals surface area contributed by atoms with E-state index in [0.29, 0.717) is 49.4 Å². The Labute approximate surface area is 156 Å². The Morgan fingerprint density at radius 1 is 1.19 bits per heavy atom. The smallest absolute Gasteiger partial charge is 0.271 e. The zero-order valence-corrected chi connectivity index (χ0v) is 15.0. The lowest BCUT2D eigenvalue weighted by atomic mass is 10.1. The Hall–Kier alpha value is -3.22. The van der Waals surface area contributed by atoms with E-state index >= 15 is 0 Å². The normalized spacial score (nSPS) is 12.6. The topological polar surface area (TPSA) is 89.8 Å². The molecule has 0 fully saturated rings. The molecule has 7 nitrogen and oxygen atoms in total. The first-order chi connectivity index (χ1) is 13.0. The highest BCUT2D eigenvalue weighted by atomic mass is 16.6. The Bertz CT molecular complexity index is 876. The van der Waals surface area contributed by atoms with Crippen molar-refractivity contribution in [1.82, 2.24) is 0 Å². The fourth-order valence-electron chi connectivity index (χ4n) is 3.07. The van der Waals surface area contributed by atoms with Crippen LogP contribution in [-0.2, 0) is 11.2 Å². The van der Waals surface area contributed by atoms with Crippen LogP contribution in [0.3, 0.4) is 0 Å². The second-order valence-corrected chi connectivity index (χ2v) is 6.40. The summed E-state index contributed by atoms with van der Waals surface area (Å²) in [6, 6.07) is 11.5. The van der Waals surface area contributed by atoms with Gasteiger partial charge in [-0.1, -0.05) is 6.07 Å². The highest BCUT2D eigenvalue weighted by Crippen LogP contribution is 2.32. The van der Waals surface area contributed by atoms with Gasteiger partial charge in [0.15, 0.2) is 5.78 Å². The summed E-state index contributed by atoms with van der Waals surface area (Å²) < 4.78 is 5.60. The number of fused-ring (bicyclic) bond motifs is 1. The molecule has 0 saturated carbocycles. The van der Waals surface area contributed by atoms with Gasteiger partial charge in [-0.3, -0.25) is 19.7 Å². The van der Waals surface area contributed by atoms with Crippen molar-refractivity contribution in [2.24, 2.45) is 0 Å². The first-order valence-electron chi connectivity index (χ1n) is 8.77. The second kappa shape index (κ2) is 7.99. The van der Waals surface area contributed by atoms with Crippen LogP contribution in [0.5, 0.6) is 5.75 Å². The molecule has 140 valence electrons. The zero-order chi connectivity index (χ0) is 19.4. The van der Waals surface area contributed by atoms with Crippen LogP contribution in [0.1, 0.15) is 35.7 Å². The molecule has 0 spiro atoms. The largest absolute Gasteiger partial charge is 0.494 e. The van der Waals surface area contributed by atoms with Crippen molar-refractivity contribution in [2.45, 2.75) is 26.2 Å². The van der Waals surface area contributed by atoms with E-state index in [1.165, 1.54) is 19.1 Å². The summed E-state index contributed by atoms with van der Waals surface area (Å²) >= 11 is 0. The molecular formula is C20H20N2O5. The molecule has 0 atom stereocenters. The van der Waals surface area contributed by atoms with Crippen LogP contribution in [0, 0.1) is 10.1 Å². The number of carbonyl (C=O) groups is 2. The van der Waals surface area contributed by atoms with Crippen molar-refractivity contribution in [2.75, 3.05) is 18.1 Å². The number of non-ortho nitro benzene ring substituents is 1. The molecule has 0 radical (unpaired) electrons. The molecule has 0 N–H and O–H groups in total. The van der Waals surface area contributed by atoms with Crippen LogP contribution < -0.4 is 9.64 Å². The number of hydrogen-bond donors (Lipinski definition) is 0. The molecule has 0 saturated heterocycles. The van der Waals surface area contributed by atoms with Gasteiger partial charge >= 0.3 is 0 Å². The highest BCUT2D eigenvalue weighted by molar-refractivity contribution is 5.96. The number of carbonyl (C=O) groups excluding carboxylic acids is 2. The molecule has 2 aromatic carbocycles. The summed E-state index contributed by atoms with van der Waals surface area (Å²) in [4.78, 5) is 35.8. The van der Waals surface area contributed by atoms with Crippen LogP contribution in [0.25, 0.3) is 0 Å². The van der Waals surface area contributed by atoms with Crippen molar-refractivity contribution in [1.29, 1.82) is 0 Å². The molecule has 2 aromatic rings. The van der Waals surface area contributed by atoms with Crippen LogP contribution in [0.4, 0.5) is 11.4 Å². The van der Waals surface area contributed by atoms with Gasteiger partial charge in [-0.15, -0.1) is 0 Å². The first-order valence-corrected chi connectivity index (χ1v) is 8.77. The molecule has 0 aliphatic carbocycles. The summed E-state index contributed by atoms with van der Waals surface area (Å²) in [5.74, 6) is 0.581. The maximum absolute atomic E-state index is 12.5. The van der Waals surface area contributed by atoms with Gasteiger partial charge in [0.1, 0.15) is 5.75 Å². The fraction of sp³-hybridized carbons (Fsp3) is 0.300. The Balaban J connectivity index is 1.51. The quantitative estimate of drug-likeness (QED) is 0.323. The van der Waals surface area contributed by atoms with Crippen molar-refractivity contribution < 1.29 is 19.2 Å². The third kappa shape index (κ3) is 4.31. The van der Waals surface area contributed by atoms with Crippen molar-refractivity contribution in [3.05, 3.63) is 63.7 Å². The minimum atomic E-state index is -0.452. The van der Waals surface area contributed by atoms with Gasteiger partial charge in [-0.25, -0.2) is 0 Å². The molecule has 0 bridgehead atoms. The standard InChI is InChI=1S/C20H20N2O5/c1-14(23)15-5-8-18(9-6-15)27-12-2-3-20(24)21-11-10-16-4-7-17(22(25)26)13-19(16)21/h4-9,13H,2-3,10-12H2,1H3. The number of hydrogen-bond acceptors (Lipinski definition) is 5. The maximum atomic E-state index is 12.5. The maximum Gasteiger partial charge on any atom is 0.271 e. The lowest BCUT2D eigenvalue weighted by molar-refractivity contribution is -0.384. The number of nitro groups is 1. The van der Waals surface area contributed by atoms with E-state index in [9.17, 15) is 19.7 Å². The number of nitrogens with zero attached hydrogens (tertiary/aromatic N) is 2. The number of rotatable bonds is 7. The first kappa shape index (κ1) is 18.6. The average molecular weight is 368 g/mol. The average Bonchev–Trinajstić information content (AvgIpc) is 3.08. The van der Waals surface area contributed by atoms with Crippen LogP contribution in [0.2, 0.25) is 0 Å². The predicted molar refractivity (Wildman–Crippen MR) is 100 cm³/mol. The van der Waals surface area contributed by atoms with E-state index in [4.69, 9.17) is 4.74 Å². The van der Waals surface area contributed by atoms with Gasteiger partial charge in [0.05, 0.1) is 17.2 Å². The molecule has 7 heteroatoms. The van der Waals surface area contributed by atoms with Gasteiger partial charge in [-0.2, -0.15) is 0 Å². The van der Waals surface area contributed by atoms with E-state index in [0.717, 1.165) is 5.56 Å². The second-order valence-electron chi connectivity index (χ2n) is 6.40. The molecule has 1 aliphatic heterocycles. The van der Waals surface area contributed by atoms with Crippen LogP contribution >= 0.6 is 0 Å². The van der Waals surface area contributed by atoms with Gasteiger partial charge in [0, 0.05) is 30.7 Å². The molecule has 1 amide bonds. The van der Waals surface area contributed by atoms with Gasteiger partial charge in [0.2, 0.25) is 5.91 Å². The molecule has 27 heavy (non-hydrogen) atoms. The van der Waals surface area contributed by atoms with Crippen LogP contribution in [-0.4, -0.2) is 29.8 Å². The van der Waals surface area contributed by atoms with E-state index in [-0.39, 0.29) is 17.4 Å². The number of ether oxygens (including phenoxy) is 1. The van der Waals surface area contributed by atoms with E-state index in [1.54, 1.807) is 35.2 Å². The Morgan fingerprint density at radius 3 is 2.59 bits per heavy atom. The van der Waals surface area contributed by atoms with Gasteiger partial charge < -0.3 is 9.64 Å². The number of nitro benzene ring substituents is 1. The SMILES string of the molecule is CC(=O)c1ccc(OCCCC(=O)N2CCc3ccc([N+](=O)[O-])cc32)cc1. The van der Waals surface area contributed by atoms with Crippen molar-refractivity contribution in [3.63, 3.8) is 0 Å². The van der Waals surface area contributed by atoms with E-state index < -0.39 is 4.92 Å². The minimum Gasteiger partial charge on any atom is -0.494 e. The third-order valence-electron chi connectivity index (χ3n) is 4.54. The van der Waals surface area contributed by atoms with Gasteiger partial charge in [0.25, 0.3) is 5.69 Å². The molecular weight excluding hydrogens is 348 g/mol. The molecule has 0 aromatic heterocycles. The molecule has 1 aliphatic rings. The third-order valence-corrected chi connectivity index (χ3v) is 4.54. The number of anilines is 1. The monoisotopic (exact) mass is 368 g/mol. The summed E-state index contributed by atoms with van der Waals surface area (Å²) in [6.07, 6.45) is 1.54. The fourth-order valence-corrected chi connectivity index (χ4v) is 3.07. The van der Waals surface area contributed by atoms with Crippen LogP contribution in [0.15, 0.2) is 42.5 Å². The van der Waals surface area contributed by atoms with E-state index in [2.05, 4.69) is 0 Å². The number of Topliss-reactive ketones (excluding diaryl/α,β-unsaturated/α-hetero) is 1. The molecule has 1 heterocycles. The summed E-state index contributed by atoms with van der Waals surface area (Å²) in [6.45, 7) is 2.43. The van der Waals surface area contributed by atoms with Gasteiger partial charge in [-0.05, 0) is 49.6 Å². The molecule has 3 rings (SSSR count). The predicted octanol–water partition coefficient (Wildman–Crippen LogP) is 3.55.